The molecule has 2 aromatic rings. The van der Waals surface area contributed by atoms with Crippen LogP contribution in [-0.4, -0.2) is 73.8 Å². The molecule has 170 valence electrons. The number of benzene rings is 2. The van der Waals surface area contributed by atoms with Gasteiger partial charge in [0.1, 0.15) is 18.5 Å². The van der Waals surface area contributed by atoms with Crippen molar-refractivity contribution >= 4 is 12.0 Å². The second kappa shape index (κ2) is 11.0. The van der Waals surface area contributed by atoms with Gasteiger partial charge in [-0.05, 0) is 49.1 Å². The lowest BCUT2D eigenvalue weighted by atomic mass is 10.1. The van der Waals surface area contributed by atoms with Crippen LogP contribution in [0.15, 0.2) is 54.6 Å². The summed E-state index contributed by atoms with van der Waals surface area (Å²) in [5.74, 6) is 0.639. The molecule has 0 atom stereocenters. The van der Waals surface area contributed by atoms with Crippen LogP contribution in [0, 0.1) is 0 Å². The third kappa shape index (κ3) is 6.23. The molecule has 7 nitrogen and oxygen atoms in total. The van der Waals surface area contributed by atoms with Crippen LogP contribution in [-0.2, 0) is 11.2 Å². The highest BCUT2D eigenvalue weighted by Crippen LogP contribution is 2.20. The highest BCUT2D eigenvalue weighted by molar-refractivity contribution is 5.94. The van der Waals surface area contributed by atoms with Crippen molar-refractivity contribution in [1.29, 1.82) is 0 Å². The first-order chi connectivity index (χ1) is 15.7. The summed E-state index contributed by atoms with van der Waals surface area (Å²) >= 11 is 0. The number of amides is 2. The fourth-order valence-electron chi connectivity index (χ4n) is 4.10. The summed E-state index contributed by atoms with van der Waals surface area (Å²) in [6.45, 7) is 5.02. The Hall–Kier alpha value is -3.06. The van der Waals surface area contributed by atoms with Crippen LogP contribution in [0.4, 0.5) is 4.79 Å². The van der Waals surface area contributed by atoms with Crippen LogP contribution in [0.3, 0.4) is 0 Å². The van der Waals surface area contributed by atoms with E-state index in [0.717, 1.165) is 44.6 Å². The summed E-state index contributed by atoms with van der Waals surface area (Å²) in [6.07, 6.45) is 3.00. The van der Waals surface area contributed by atoms with Crippen molar-refractivity contribution in [2.75, 3.05) is 45.9 Å². The lowest BCUT2D eigenvalue weighted by molar-refractivity contribution is 0.0948. The number of nitrogens with zero attached hydrogens (tertiary/aromatic N) is 2. The van der Waals surface area contributed by atoms with Gasteiger partial charge in [0.15, 0.2) is 0 Å². The van der Waals surface area contributed by atoms with E-state index in [4.69, 9.17) is 9.47 Å². The van der Waals surface area contributed by atoms with Crippen molar-refractivity contribution in [3.05, 3.63) is 65.7 Å². The maximum atomic E-state index is 12.3. The molecule has 7 heteroatoms. The van der Waals surface area contributed by atoms with Gasteiger partial charge >= 0.3 is 6.09 Å². The zero-order chi connectivity index (χ0) is 22.2. The number of likely N-dealkylation sites (tertiary alicyclic amines) is 1. The van der Waals surface area contributed by atoms with E-state index in [-0.39, 0.29) is 18.1 Å². The molecule has 2 heterocycles. The molecule has 2 amide bonds. The molecule has 32 heavy (non-hydrogen) atoms. The average Bonchev–Trinajstić information content (AvgIpc) is 3.24. The molecule has 4 rings (SSSR count). The molecule has 1 N–H and O–H groups in total. The van der Waals surface area contributed by atoms with Crippen LogP contribution in [0.5, 0.6) is 5.75 Å². The van der Waals surface area contributed by atoms with Crippen LogP contribution < -0.4 is 10.1 Å². The van der Waals surface area contributed by atoms with E-state index in [1.807, 2.05) is 12.1 Å². The molecular weight excluding hydrogens is 406 g/mol. The number of carbonyl (C=O) groups excluding carboxylic acids is 2. The summed E-state index contributed by atoms with van der Waals surface area (Å²) < 4.78 is 11.0. The number of carbonyl (C=O) groups is 2. The number of piperidine rings is 1. The molecular formula is C25H31N3O4. The third-order valence-corrected chi connectivity index (χ3v) is 6.03. The average molecular weight is 438 g/mol. The van der Waals surface area contributed by atoms with Gasteiger partial charge in [-0.25, -0.2) is 4.79 Å². The van der Waals surface area contributed by atoms with Crippen molar-refractivity contribution in [3.8, 4) is 5.75 Å². The van der Waals surface area contributed by atoms with Crippen molar-refractivity contribution in [2.24, 2.45) is 0 Å². The molecule has 0 unspecified atom stereocenters. The standard InChI is InChI=1S/C25H31N3O4/c29-24(26-13-17-28-18-19-31-25(28)30)21-6-8-22(9-7-21)32-23-11-15-27(16-12-23)14-10-20-4-2-1-3-5-20/h1-9,23H,10-19H2,(H,26,29). The molecule has 0 aliphatic carbocycles. The minimum atomic E-state index is -0.317. The van der Waals surface area contributed by atoms with Gasteiger partial charge in [0.25, 0.3) is 5.91 Å². The fraction of sp³-hybridized carbons (Fsp3) is 0.440. The molecule has 0 bridgehead atoms. The van der Waals surface area contributed by atoms with Gasteiger partial charge in [0.05, 0.1) is 6.54 Å². The number of hydrogen-bond donors (Lipinski definition) is 1. The Morgan fingerprint density at radius 1 is 1.00 bits per heavy atom. The van der Waals surface area contributed by atoms with E-state index in [2.05, 4.69) is 40.5 Å². The van der Waals surface area contributed by atoms with Crippen LogP contribution in [0.2, 0.25) is 0 Å². The van der Waals surface area contributed by atoms with E-state index in [0.29, 0.717) is 31.8 Å². The lowest BCUT2D eigenvalue weighted by Gasteiger charge is -2.32. The van der Waals surface area contributed by atoms with E-state index in [9.17, 15) is 9.59 Å². The highest BCUT2D eigenvalue weighted by atomic mass is 16.6. The fourth-order valence-corrected chi connectivity index (χ4v) is 4.10. The van der Waals surface area contributed by atoms with Gasteiger partial charge in [-0.15, -0.1) is 0 Å². The van der Waals surface area contributed by atoms with Gasteiger partial charge in [-0.3, -0.25) is 4.79 Å². The Bertz CT molecular complexity index is 880. The quantitative estimate of drug-likeness (QED) is 0.653. The first-order valence-electron chi connectivity index (χ1n) is 11.4. The summed E-state index contributed by atoms with van der Waals surface area (Å²) in [7, 11) is 0. The Kier molecular flexibility index (Phi) is 7.61. The molecule has 2 aliphatic heterocycles. The SMILES string of the molecule is O=C(NCCN1CCOC1=O)c1ccc(OC2CCN(CCc3ccccc3)CC2)cc1. The Balaban J connectivity index is 1.15. The minimum absolute atomic E-state index is 0.157. The molecule has 2 aromatic carbocycles. The second-order valence-electron chi connectivity index (χ2n) is 8.28. The maximum Gasteiger partial charge on any atom is 0.409 e. The maximum absolute atomic E-state index is 12.3. The summed E-state index contributed by atoms with van der Waals surface area (Å²) in [4.78, 5) is 27.8. The minimum Gasteiger partial charge on any atom is -0.490 e. The lowest BCUT2D eigenvalue weighted by Crippen LogP contribution is -2.39. The largest absolute Gasteiger partial charge is 0.490 e. The number of ether oxygens (including phenoxy) is 2. The van der Waals surface area contributed by atoms with E-state index in [1.54, 1.807) is 17.0 Å². The van der Waals surface area contributed by atoms with Crippen molar-refractivity contribution in [1.82, 2.24) is 15.1 Å². The molecule has 0 radical (unpaired) electrons. The van der Waals surface area contributed by atoms with E-state index >= 15 is 0 Å². The number of cyclic esters (lactones) is 1. The Labute approximate surface area is 189 Å². The highest BCUT2D eigenvalue weighted by Gasteiger charge is 2.22. The first-order valence-corrected chi connectivity index (χ1v) is 11.4. The molecule has 0 aromatic heterocycles. The topological polar surface area (TPSA) is 71.1 Å². The first kappa shape index (κ1) is 22.1. The normalized spacial score (nSPS) is 17.2. The van der Waals surface area contributed by atoms with Crippen LogP contribution in [0.1, 0.15) is 28.8 Å². The van der Waals surface area contributed by atoms with Crippen molar-refractivity contribution in [3.63, 3.8) is 0 Å². The zero-order valence-corrected chi connectivity index (χ0v) is 18.4. The summed E-state index contributed by atoms with van der Waals surface area (Å²) in [5, 5.41) is 2.84. The van der Waals surface area contributed by atoms with Gasteiger partial charge < -0.3 is 24.6 Å². The van der Waals surface area contributed by atoms with Crippen LogP contribution >= 0.6 is 0 Å². The van der Waals surface area contributed by atoms with Crippen molar-refractivity contribution < 1.29 is 19.1 Å². The summed E-state index contributed by atoms with van der Waals surface area (Å²) in [5.41, 5.74) is 1.96. The van der Waals surface area contributed by atoms with Gasteiger partial charge in [-0.2, -0.15) is 0 Å². The number of nitrogens with one attached hydrogen (secondary N) is 1. The molecule has 2 aliphatic rings. The molecule has 0 saturated carbocycles. The molecule has 2 saturated heterocycles. The smallest absolute Gasteiger partial charge is 0.409 e. The predicted octanol–water partition coefficient (Wildman–Crippen LogP) is 2.95. The zero-order valence-electron chi connectivity index (χ0n) is 18.4. The van der Waals surface area contributed by atoms with Crippen LogP contribution in [0.25, 0.3) is 0 Å². The van der Waals surface area contributed by atoms with Crippen molar-refractivity contribution in [2.45, 2.75) is 25.4 Å². The molecule has 2 fully saturated rings. The number of hydrogen-bond acceptors (Lipinski definition) is 5. The van der Waals surface area contributed by atoms with Gasteiger partial charge in [0.2, 0.25) is 0 Å². The monoisotopic (exact) mass is 437 g/mol. The Morgan fingerprint density at radius 3 is 2.44 bits per heavy atom. The third-order valence-electron chi connectivity index (χ3n) is 6.03. The predicted molar refractivity (Wildman–Crippen MR) is 122 cm³/mol. The second-order valence-corrected chi connectivity index (χ2v) is 8.28. The molecule has 0 spiro atoms. The summed E-state index contributed by atoms with van der Waals surface area (Å²) in [6, 6.07) is 17.9. The van der Waals surface area contributed by atoms with Gasteiger partial charge in [0, 0.05) is 38.3 Å². The number of rotatable bonds is 9. The van der Waals surface area contributed by atoms with E-state index in [1.165, 1.54) is 5.56 Å². The Morgan fingerprint density at radius 2 is 1.75 bits per heavy atom. The van der Waals surface area contributed by atoms with Gasteiger partial charge in [-0.1, -0.05) is 30.3 Å². The van der Waals surface area contributed by atoms with E-state index < -0.39 is 0 Å².